The van der Waals surface area contributed by atoms with E-state index in [1.54, 1.807) is 23.3 Å². The lowest BCUT2D eigenvalue weighted by Crippen LogP contribution is -2.49. The number of likely N-dealkylation sites (tertiary alicyclic amines) is 1. The van der Waals surface area contributed by atoms with Crippen LogP contribution in [-0.2, 0) is 20.7 Å². The number of piperidine rings is 1. The zero-order valence-corrected chi connectivity index (χ0v) is 15.7. The summed E-state index contributed by atoms with van der Waals surface area (Å²) in [6.45, 7) is 3.62. The van der Waals surface area contributed by atoms with Crippen molar-refractivity contribution < 1.29 is 23.3 Å². The maximum atomic E-state index is 12.7. The lowest BCUT2D eigenvalue weighted by Gasteiger charge is -2.36. The second-order valence-electron chi connectivity index (χ2n) is 7.11. The lowest BCUT2D eigenvalue weighted by atomic mass is 9.96. The molecule has 0 N–H and O–H groups in total. The van der Waals surface area contributed by atoms with E-state index in [9.17, 15) is 9.59 Å². The Hall–Kier alpha value is -2.68. The van der Waals surface area contributed by atoms with Crippen molar-refractivity contribution in [2.45, 2.75) is 25.7 Å². The first-order chi connectivity index (χ1) is 13.7. The zero-order valence-electron chi connectivity index (χ0n) is 15.7. The highest BCUT2D eigenvalue weighted by molar-refractivity contribution is 5.81. The van der Waals surface area contributed by atoms with Gasteiger partial charge in [-0.2, -0.15) is 4.98 Å². The number of carbonyl (C=O) groups is 2. The molecule has 9 nitrogen and oxygen atoms in total. The fourth-order valence-corrected chi connectivity index (χ4v) is 3.68. The van der Waals surface area contributed by atoms with E-state index in [-0.39, 0.29) is 24.2 Å². The summed E-state index contributed by atoms with van der Waals surface area (Å²) in [5.41, 5.74) is 0. The number of furan rings is 1. The molecule has 2 fully saturated rings. The third-order valence-corrected chi connectivity index (χ3v) is 5.21. The number of amides is 2. The number of hydrogen-bond acceptors (Lipinski definition) is 7. The van der Waals surface area contributed by atoms with Gasteiger partial charge in [0, 0.05) is 39.0 Å². The Labute approximate surface area is 162 Å². The van der Waals surface area contributed by atoms with E-state index in [0.717, 1.165) is 12.8 Å². The van der Waals surface area contributed by atoms with Crippen molar-refractivity contribution in [2.24, 2.45) is 5.92 Å². The van der Waals surface area contributed by atoms with E-state index in [1.165, 1.54) is 0 Å². The van der Waals surface area contributed by atoms with Crippen molar-refractivity contribution in [1.29, 1.82) is 0 Å². The molecule has 2 aliphatic rings. The highest BCUT2D eigenvalue weighted by Gasteiger charge is 2.31. The molecule has 4 heterocycles. The van der Waals surface area contributed by atoms with Crippen molar-refractivity contribution in [3.05, 3.63) is 24.3 Å². The molecule has 2 aromatic heterocycles. The Morgan fingerprint density at radius 1 is 1.18 bits per heavy atom. The fraction of sp³-hybridized carbons (Fsp3) is 0.579. The van der Waals surface area contributed by atoms with Crippen LogP contribution in [0.2, 0.25) is 0 Å². The molecule has 2 amide bonds. The van der Waals surface area contributed by atoms with E-state index in [4.69, 9.17) is 13.7 Å². The molecule has 28 heavy (non-hydrogen) atoms. The minimum absolute atomic E-state index is 0.0113. The van der Waals surface area contributed by atoms with Gasteiger partial charge in [-0.15, -0.1) is 0 Å². The van der Waals surface area contributed by atoms with Gasteiger partial charge in [0.05, 0.1) is 25.4 Å². The van der Waals surface area contributed by atoms with Gasteiger partial charge in [0.15, 0.2) is 5.76 Å². The van der Waals surface area contributed by atoms with Gasteiger partial charge in [-0.3, -0.25) is 9.59 Å². The second-order valence-corrected chi connectivity index (χ2v) is 7.11. The number of ether oxygens (including phenoxy) is 1. The van der Waals surface area contributed by atoms with Crippen LogP contribution in [0.25, 0.3) is 11.6 Å². The molecule has 2 aliphatic heterocycles. The van der Waals surface area contributed by atoms with Gasteiger partial charge in [0.25, 0.3) is 0 Å². The summed E-state index contributed by atoms with van der Waals surface area (Å²) in [6, 6.07) is 3.50. The Morgan fingerprint density at radius 2 is 2.04 bits per heavy atom. The number of aromatic nitrogens is 2. The van der Waals surface area contributed by atoms with E-state index < -0.39 is 0 Å². The quantitative estimate of drug-likeness (QED) is 0.762. The van der Waals surface area contributed by atoms with Crippen LogP contribution in [0, 0.1) is 5.92 Å². The average molecular weight is 388 g/mol. The van der Waals surface area contributed by atoms with Crippen LogP contribution in [0.3, 0.4) is 0 Å². The maximum absolute atomic E-state index is 12.7. The minimum atomic E-state index is -0.121. The predicted molar refractivity (Wildman–Crippen MR) is 97.0 cm³/mol. The summed E-state index contributed by atoms with van der Waals surface area (Å²) in [6.07, 6.45) is 3.86. The van der Waals surface area contributed by atoms with E-state index in [2.05, 4.69) is 10.1 Å². The first-order valence-corrected chi connectivity index (χ1v) is 9.71. The van der Waals surface area contributed by atoms with Gasteiger partial charge in [-0.05, 0) is 25.0 Å². The number of hydrogen-bond donors (Lipinski definition) is 0. The molecule has 2 aromatic rings. The first kappa shape index (κ1) is 18.7. The predicted octanol–water partition coefficient (Wildman–Crippen LogP) is 1.36. The zero-order chi connectivity index (χ0) is 19.3. The molecule has 0 aliphatic carbocycles. The monoisotopic (exact) mass is 388 g/mol. The van der Waals surface area contributed by atoms with Crippen LogP contribution in [0.1, 0.15) is 25.2 Å². The fourth-order valence-electron chi connectivity index (χ4n) is 3.68. The Bertz CT molecular complexity index is 797. The Balaban J connectivity index is 1.29. The molecule has 0 aromatic carbocycles. The van der Waals surface area contributed by atoms with Crippen LogP contribution < -0.4 is 0 Å². The van der Waals surface area contributed by atoms with Crippen LogP contribution in [0.5, 0.6) is 0 Å². The molecule has 9 heteroatoms. The molecule has 0 radical (unpaired) electrons. The summed E-state index contributed by atoms with van der Waals surface area (Å²) in [7, 11) is 0. The highest BCUT2D eigenvalue weighted by Crippen LogP contribution is 2.21. The Morgan fingerprint density at radius 3 is 2.82 bits per heavy atom. The third kappa shape index (κ3) is 4.24. The summed E-state index contributed by atoms with van der Waals surface area (Å²) >= 11 is 0. The second kappa shape index (κ2) is 8.55. The summed E-state index contributed by atoms with van der Waals surface area (Å²) in [5.74, 6) is 1.34. The van der Waals surface area contributed by atoms with Crippen molar-refractivity contribution in [3.63, 3.8) is 0 Å². The Kier molecular flexibility index (Phi) is 5.70. The van der Waals surface area contributed by atoms with E-state index in [1.807, 2.05) is 4.90 Å². The largest absolute Gasteiger partial charge is 0.461 e. The van der Waals surface area contributed by atoms with Crippen LogP contribution in [0.4, 0.5) is 0 Å². The van der Waals surface area contributed by atoms with Crippen molar-refractivity contribution in [1.82, 2.24) is 19.9 Å². The molecule has 0 spiro atoms. The molecule has 1 unspecified atom stereocenters. The number of nitrogens with zero attached hydrogens (tertiary/aromatic N) is 4. The van der Waals surface area contributed by atoms with Gasteiger partial charge in [-0.1, -0.05) is 5.16 Å². The third-order valence-electron chi connectivity index (χ3n) is 5.21. The number of aryl methyl sites for hydroxylation is 1. The smallest absolute Gasteiger partial charge is 0.238 e. The molecule has 4 rings (SSSR count). The molecule has 0 saturated carbocycles. The van der Waals surface area contributed by atoms with E-state index in [0.29, 0.717) is 63.3 Å². The molecule has 2 saturated heterocycles. The average Bonchev–Trinajstić information content (AvgIpc) is 3.44. The number of morpholine rings is 1. The van der Waals surface area contributed by atoms with Gasteiger partial charge in [-0.25, -0.2) is 0 Å². The van der Waals surface area contributed by atoms with Crippen LogP contribution in [-0.4, -0.2) is 71.1 Å². The molecular formula is C19H24N4O5. The van der Waals surface area contributed by atoms with Gasteiger partial charge in [0.1, 0.15) is 0 Å². The lowest BCUT2D eigenvalue weighted by molar-refractivity contribution is -0.144. The summed E-state index contributed by atoms with van der Waals surface area (Å²) < 4.78 is 15.7. The van der Waals surface area contributed by atoms with E-state index >= 15 is 0 Å². The van der Waals surface area contributed by atoms with Gasteiger partial charge < -0.3 is 23.5 Å². The van der Waals surface area contributed by atoms with Crippen LogP contribution >= 0.6 is 0 Å². The minimum Gasteiger partial charge on any atom is -0.461 e. The SMILES string of the molecule is O=C(CCc1nc(-c2ccco2)no1)N1CCCC(C(=O)N2CCOCC2)C1. The summed E-state index contributed by atoms with van der Waals surface area (Å²) in [5, 5.41) is 3.87. The van der Waals surface area contributed by atoms with Gasteiger partial charge >= 0.3 is 0 Å². The number of carbonyl (C=O) groups excluding carboxylic acids is 2. The maximum Gasteiger partial charge on any atom is 0.238 e. The van der Waals surface area contributed by atoms with Crippen molar-refractivity contribution in [3.8, 4) is 11.6 Å². The number of rotatable bonds is 5. The standard InChI is InChI=1S/C19H24N4O5/c24-17(6-5-16-20-18(21-28-16)15-4-2-10-27-15)23-7-1-3-14(13-23)19(25)22-8-11-26-12-9-22/h2,4,10,14H,1,3,5-9,11-13H2. The first-order valence-electron chi connectivity index (χ1n) is 9.71. The molecule has 150 valence electrons. The van der Waals surface area contributed by atoms with Crippen molar-refractivity contribution in [2.75, 3.05) is 39.4 Å². The summed E-state index contributed by atoms with van der Waals surface area (Å²) in [4.78, 5) is 33.2. The molecular weight excluding hydrogens is 364 g/mol. The van der Waals surface area contributed by atoms with Crippen LogP contribution in [0.15, 0.2) is 27.3 Å². The van der Waals surface area contributed by atoms with Crippen molar-refractivity contribution >= 4 is 11.8 Å². The molecule has 1 atom stereocenters. The molecule has 0 bridgehead atoms. The normalized spacial score (nSPS) is 20.4. The van der Waals surface area contributed by atoms with Gasteiger partial charge in [0.2, 0.25) is 23.5 Å². The topological polar surface area (TPSA) is 102 Å². The highest BCUT2D eigenvalue weighted by atomic mass is 16.5.